The molecule has 0 bridgehead atoms. The first kappa shape index (κ1) is 17.0. The average Bonchev–Trinajstić information content (AvgIpc) is 2.57. The van der Waals surface area contributed by atoms with Crippen molar-refractivity contribution in [2.24, 2.45) is 0 Å². The normalized spacial score (nSPS) is 10.4. The molecule has 124 valence electrons. The van der Waals surface area contributed by atoms with E-state index in [4.69, 9.17) is 4.74 Å². The van der Waals surface area contributed by atoms with Gasteiger partial charge in [0.05, 0.1) is 12.8 Å². The van der Waals surface area contributed by atoms with Crippen LogP contribution in [-0.4, -0.2) is 34.9 Å². The van der Waals surface area contributed by atoms with E-state index in [9.17, 15) is 0 Å². The van der Waals surface area contributed by atoms with Crippen LogP contribution in [0.5, 0.6) is 5.75 Å². The summed E-state index contributed by atoms with van der Waals surface area (Å²) in [6.45, 7) is 8.80. The minimum atomic E-state index is 0.663. The Balaban J connectivity index is 2.09. The van der Waals surface area contributed by atoms with Crippen molar-refractivity contribution in [3.05, 3.63) is 30.5 Å². The van der Waals surface area contributed by atoms with E-state index >= 15 is 0 Å². The summed E-state index contributed by atoms with van der Waals surface area (Å²) in [6, 6.07) is 7.79. The molecule has 6 heteroatoms. The molecule has 0 aliphatic heterocycles. The summed E-state index contributed by atoms with van der Waals surface area (Å²) in [4.78, 5) is 6.74. The highest BCUT2D eigenvalue weighted by Crippen LogP contribution is 2.19. The van der Waals surface area contributed by atoms with E-state index in [-0.39, 0.29) is 0 Å². The number of nitrogens with zero attached hydrogens (tertiary/aromatic N) is 4. The van der Waals surface area contributed by atoms with Gasteiger partial charge in [-0.05, 0) is 44.0 Å². The monoisotopic (exact) mass is 315 g/mol. The fraction of sp³-hybridized carbons (Fsp3) is 0.471. The third-order valence-corrected chi connectivity index (χ3v) is 3.26. The van der Waals surface area contributed by atoms with Crippen molar-refractivity contribution >= 4 is 17.5 Å². The lowest BCUT2D eigenvalue weighted by Crippen LogP contribution is -2.27. The van der Waals surface area contributed by atoms with Crippen molar-refractivity contribution in [3.63, 3.8) is 0 Å². The molecule has 0 aliphatic rings. The van der Waals surface area contributed by atoms with Gasteiger partial charge in [0, 0.05) is 18.8 Å². The molecule has 2 aromatic rings. The number of hydrogen-bond acceptors (Lipinski definition) is 6. The molecule has 0 radical (unpaired) electrons. The minimum Gasteiger partial charge on any atom is -0.494 e. The molecule has 0 saturated carbocycles. The first-order valence-corrected chi connectivity index (χ1v) is 8.21. The van der Waals surface area contributed by atoms with Crippen LogP contribution in [0.4, 0.5) is 17.5 Å². The van der Waals surface area contributed by atoms with Crippen LogP contribution < -0.4 is 15.0 Å². The van der Waals surface area contributed by atoms with Gasteiger partial charge in [0.15, 0.2) is 5.82 Å². The number of rotatable bonds is 9. The Morgan fingerprint density at radius 2 is 1.74 bits per heavy atom. The standard InChI is InChI=1S/C17H25N5O/c1-4-11-22(12-5-2)17-20-16(13-18-21-17)19-14-7-9-15(10-8-14)23-6-3/h7-10,13H,4-6,11-12H2,1-3H3,(H,19,20,21). The lowest BCUT2D eigenvalue weighted by atomic mass is 10.3. The smallest absolute Gasteiger partial charge is 0.247 e. The second-order valence-corrected chi connectivity index (χ2v) is 5.21. The Morgan fingerprint density at radius 1 is 1.04 bits per heavy atom. The fourth-order valence-electron chi connectivity index (χ4n) is 2.29. The van der Waals surface area contributed by atoms with Crippen LogP contribution in [0.1, 0.15) is 33.6 Å². The molecular formula is C17H25N5O. The molecule has 1 heterocycles. The Kier molecular flexibility index (Phi) is 6.59. The Hall–Kier alpha value is -2.37. The largest absolute Gasteiger partial charge is 0.494 e. The highest BCUT2D eigenvalue weighted by molar-refractivity contribution is 5.57. The SMILES string of the molecule is CCCN(CCC)c1nncc(Nc2ccc(OCC)cc2)n1. The predicted molar refractivity (Wildman–Crippen MR) is 93.5 cm³/mol. The second kappa shape index (κ2) is 8.92. The maximum atomic E-state index is 5.44. The van der Waals surface area contributed by atoms with Crippen molar-refractivity contribution in [3.8, 4) is 5.75 Å². The summed E-state index contributed by atoms with van der Waals surface area (Å²) in [5.74, 6) is 2.22. The van der Waals surface area contributed by atoms with Gasteiger partial charge in [-0.1, -0.05) is 13.8 Å². The zero-order valence-corrected chi connectivity index (χ0v) is 14.1. The van der Waals surface area contributed by atoms with Crippen molar-refractivity contribution < 1.29 is 4.74 Å². The molecule has 1 N–H and O–H groups in total. The summed E-state index contributed by atoms with van der Waals surface area (Å²) >= 11 is 0. The summed E-state index contributed by atoms with van der Waals surface area (Å²) in [6.07, 6.45) is 3.75. The van der Waals surface area contributed by atoms with Gasteiger partial charge in [0.1, 0.15) is 5.75 Å². The van der Waals surface area contributed by atoms with Gasteiger partial charge in [-0.2, -0.15) is 10.1 Å². The highest BCUT2D eigenvalue weighted by atomic mass is 16.5. The van der Waals surface area contributed by atoms with E-state index in [2.05, 4.69) is 39.2 Å². The van der Waals surface area contributed by atoms with Crippen LogP contribution in [0.2, 0.25) is 0 Å². The molecule has 2 rings (SSSR count). The number of hydrogen-bond donors (Lipinski definition) is 1. The van der Waals surface area contributed by atoms with Crippen molar-refractivity contribution in [1.82, 2.24) is 15.2 Å². The molecular weight excluding hydrogens is 290 g/mol. The minimum absolute atomic E-state index is 0.663. The van der Waals surface area contributed by atoms with Gasteiger partial charge in [-0.3, -0.25) is 0 Å². The fourth-order valence-corrected chi connectivity index (χ4v) is 2.29. The lowest BCUT2D eigenvalue weighted by Gasteiger charge is -2.21. The van der Waals surface area contributed by atoms with E-state index in [0.717, 1.165) is 37.4 Å². The van der Waals surface area contributed by atoms with Crippen molar-refractivity contribution in [2.75, 3.05) is 29.9 Å². The molecule has 0 amide bonds. The van der Waals surface area contributed by atoms with E-state index in [1.807, 2.05) is 31.2 Å². The van der Waals surface area contributed by atoms with Crippen molar-refractivity contribution in [1.29, 1.82) is 0 Å². The highest BCUT2D eigenvalue weighted by Gasteiger charge is 2.09. The van der Waals surface area contributed by atoms with E-state index in [0.29, 0.717) is 18.4 Å². The van der Waals surface area contributed by atoms with Crippen LogP contribution in [0.3, 0.4) is 0 Å². The van der Waals surface area contributed by atoms with Gasteiger partial charge in [-0.25, -0.2) is 0 Å². The summed E-state index contributed by atoms with van der Waals surface area (Å²) < 4.78 is 5.44. The Labute approximate surface area is 137 Å². The molecule has 23 heavy (non-hydrogen) atoms. The molecule has 0 fully saturated rings. The summed E-state index contributed by atoms with van der Waals surface area (Å²) in [7, 11) is 0. The van der Waals surface area contributed by atoms with Crippen LogP contribution in [0, 0.1) is 0 Å². The van der Waals surface area contributed by atoms with Gasteiger partial charge >= 0.3 is 0 Å². The molecule has 0 aliphatic carbocycles. The quantitative estimate of drug-likeness (QED) is 0.762. The van der Waals surface area contributed by atoms with Gasteiger partial charge < -0.3 is 15.0 Å². The average molecular weight is 315 g/mol. The number of nitrogens with one attached hydrogen (secondary N) is 1. The van der Waals surface area contributed by atoms with E-state index < -0.39 is 0 Å². The molecule has 0 spiro atoms. The number of aromatic nitrogens is 3. The maximum Gasteiger partial charge on any atom is 0.247 e. The Morgan fingerprint density at radius 3 is 2.35 bits per heavy atom. The number of anilines is 3. The zero-order valence-electron chi connectivity index (χ0n) is 14.1. The molecule has 6 nitrogen and oxygen atoms in total. The lowest BCUT2D eigenvalue weighted by molar-refractivity contribution is 0.340. The van der Waals surface area contributed by atoms with Crippen molar-refractivity contribution in [2.45, 2.75) is 33.6 Å². The third kappa shape index (κ3) is 5.09. The number of benzene rings is 1. The third-order valence-electron chi connectivity index (χ3n) is 3.26. The summed E-state index contributed by atoms with van der Waals surface area (Å²) in [5, 5.41) is 11.5. The van der Waals surface area contributed by atoms with Crippen LogP contribution in [0.25, 0.3) is 0 Å². The molecule has 1 aromatic carbocycles. The predicted octanol–water partition coefficient (Wildman–Crippen LogP) is 3.64. The second-order valence-electron chi connectivity index (χ2n) is 5.21. The zero-order chi connectivity index (χ0) is 16.5. The van der Waals surface area contributed by atoms with Crippen LogP contribution in [0.15, 0.2) is 30.5 Å². The molecule has 0 saturated heterocycles. The molecule has 0 atom stereocenters. The van der Waals surface area contributed by atoms with Crippen LogP contribution >= 0.6 is 0 Å². The topological polar surface area (TPSA) is 63.2 Å². The van der Waals surface area contributed by atoms with Gasteiger partial charge in [0.2, 0.25) is 5.95 Å². The van der Waals surface area contributed by atoms with Gasteiger partial charge in [-0.15, -0.1) is 5.10 Å². The maximum absolute atomic E-state index is 5.44. The van der Waals surface area contributed by atoms with E-state index in [1.54, 1.807) is 6.20 Å². The van der Waals surface area contributed by atoms with Crippen LogP contribution in [-0.2, 0) is 0 Å². The van der Waals surface area contributed by atoms with Gasteiger partial charge in [0.25, 0.3) is 0 Å². The first-order valence-electron chi connectivity index (χ1n) is 8.21. The Bertz CT molecular complexity index is 582. The first-order chi connectivity index (χ1) is 11.3. The molecule has 1 aromatic heterocycles. The van der Waals surface area contributed by atoms with E-state index in [1.165, 1.54) is 0 Å². The number of ether oxygens (including phenoxy) is 1. The summed E-state index contributed by atoms with van der Waals surface area (Å²) in [5.41, 5.74) is 0.942. The molecule has 0 unspecified atom stereocenters.